The molecule has 0 saturated heterocycles. The molecule has 0 aliphatic carbocycles. The first kappa shape index (κ1) is 20.3. The summed E-state index contributed by atoms with van der Waals surface area (Å²) in [6.45, 7) is 3.78. The second kappa shape index (κ2) is 8.41. The number of aromatic nitrogens is 1. The fraction of sp³-hybridized carbons (Fsp3) is 0.227. The summed E-state index contributed by atoms with van der Waals surface area (Å²) in [6, 6.07) is 10.6. The molecule has 1 unspecified atom stereocenters. The molecule has 3 heterocycles. The average Bonchev–Trinajstić information content (AvgIpc) is 3.36. The zero-order valence-electron chi connectivity index (χ0n) is 16.7. The predicted molar refractivity (Wildman–Crippen MR) is 118 cm³/mol. The lowest BCUT2D eigenvalue weighted by molar-refractivity contribution is -0.139. The Morgan fingerprint density at radius 1 is 1.27 bits per heavy atom. The van der Waals surface area contributed by atoms with Gasteiger partial charge in [0.05, 0.1) is 35.6 Å². The summed E-state index contributed by atoms with van der Waals surface area (Å²) in [6.07, 6.45) is 1.86. The van der Waals surface area contributed by atoms with E-state index >= 15 is 0 Å². The van der Waals surface area contributed by atoms with Gasteiger partial charge in [0.15, 0.2) is 4.80 Å². The van der Waals surface area contributed by atoms with E-state index in [0.29, 0.717) is 26.4 Å². The van der Waals surface area contributed by atoms with Gasteiger partial charge < -0.3 is 9.47 Å². The van der Waals surface area contributed by atoms with Gasteiger partial charge in [-0.05, 0) is 49.1 Å². The molecule has 30 heavy (non-hydrogen) atoms. The van der Waals surface area contributed by atoms with Crippen molar-refractivity contribution in [3.63, 3.8) is 0 Å². The van der Waals surface area contributed by atoms with Gasteiger partial charge in [-0.1, -0.05) is 29.5 Å². The number of hydrogen-bond acceptors (Lipinski definition) is 7. The molecule has 2 aromatic heterocycles. The number of benzene rings is 1. The van der Waals surface area contributed by atoms with Gasteiger partial charge in [0.1, 0.15) is 5.75 Å². The zero-order valence-corrected chi connectivity index (χ0v) is 18.4. The minimum absolute atomic E-state index is 0.178. The lowest BCUT2D eigenvalue weighted by Gasteiger charge is -2.24. The van der Waals surface area contributed by atoms with Crippen molar-refractivity contribution in [2.45, 2.75) is 19.9 Å². The molecule has 0 bridgehead atoms. The highest BCUT2D eigenvalue weighted by atomic mass is 32.1. The first-order valence-corrected chi connectivity index (χ1v) is 11.1. The molecule has 0 radical (unpaired) electrons. The summed E-state index contributed by atoms with van der Waals surface area (Å²) < 4.78 is 12.7. The Bertz CT molecular complexity index is 1280. The van der Waals surface area contributed by atoms with Crippen LogP contribution in [0.4, 0.5) is 0 Å². The summed E-state index contributed by atoms with van der Waals surface area (Å²) in [4.78, 5) is 32.3. The van der Waals surface area contributed by atoms with Crippen molar-refractivity contribution < 1.29 is 14.3 Å². The van der Waals surface area contributed by atoms with Crippen LogP contribution in [0.25, 0.3) is 6.08 Å². The monoisotopic (exact) mass is 440 g/mol. The molecule has 1 aliphatic rings. The van der Waals surface area contributed by atoms with E-state index < -0.39 is 12.0 Å². The lowest BCUT2D eigenvalue weighted by atomic mass is 9.96. The fourth-order valence-electron chi connectivity index (χ4n) is 3.40. The zero-order chi connectivity index (χ0) is 21.3. The van der Waals surface area contributed by atoms with Crippen molar-refractivity contribution in [3.05, 3.63) is 83.2 Å². The first-order chi connectivity index (χ1) is 14.5. The molecule has 0 amide bonds. The third kappa shape index (κ3) is 3.64. The summed E-state index contributed by atoms with van der Waals surface area (Å²) in [5, 5.41) is 1.96. The van der Waals surface area contributed by atoms with E-state index in [2.05, 4.69) is 4.99 Å². The van der Waals surface area contributed by atoms with Crippen molar-refractivity contribution in [3.8, 4) is 5.75 Å². The normalized spacial score (nSPS) is 16.2. The number of carbonyl (C=O) groups is 1. The predicted octanol–water partition coefficient (Wildman–Crippen LogP) is 2.87. The van der Waals surface area contributed by atoms with Gasteiger partial charge in [-0.15, -0.1) is 11.3 Å². The number of esters is 1. The van der Waals surface area contributed by atoms with Crippen molar-refractivity contribution in [2.75, 3.05) is 13.7 Å². The fourth-order valence-corrected chi connectivity index (χ4v) is 5.17. The third-order valence-electron chi connectivity index (χ3n) is 4.77. The van der Waals surface area contributed by atoms with Gasteiger partial charge in [-0.3, -0.25) is 9.36 Å². The van der Waals surface area contributed by atoms with Crippen LogP contribution in [-0.2, 0) is 9.53 Å². The Morgan fingerprint density at radius 2 is 2.03 bits per heavy atom. The number of methoxy groups -OCH3 is 1. The molecule has 6 nitrogen and oxygen atoms in total. The molecule has 8 heteroatoms. The highest BCUT2D eigenvalue weighted by Crippen LogP contribution is 2.31. The number of allylic oxidation sites excluding steroid dienone is 1. The molecule has 0 N–H and O–H groups in total. The Hall–Kier alpha value is -2.97. The van der Waals surface area contributed by atoms with Crippen molar-refractivity contribution >= 4 is 34.7 Å². The molecular formula is C22H20N2O4S2. The van der Waals surface area contributed by atoms with Crippen LogP contribution in [0.1, 0.15) is 30.3 Å². The van der Waals surface area contributed by atoms with Crippen LogP contribution in [0.2, 0.25) is 0 Å². The van der Waals surface area contributed by atoms with Crippen LogP contribution in [-0.4, -0.2) is 24.3 Å². The van der Waals surface area contributed by atoms with E-state index in [9.17, 15) is 9.59 Å². The average molecular weight is 441 g/mol. The minimum atomic E-state index is -0.614. The van der Waals surface area contributed by atoms with Gasteiger partial charge in [0, 0.05) is 4.88 Å². The van der Waals surface area contributed by atoms with Crippen LogP contribution in [0.3, 0.4) is 0 Å². The quantitative estimate of drug-likeness (QED) is 0.572. The molecule has 0 saturated carbocycles. The summed E-state index contributed by atoms with van der Waals surface area (Å²) >= 11 is 2.88. The van der Waals surface area contributed by atoms with Crippen LogP contribution < -0.4 is 19.6 Å². The second-order valence-corrected chi connectivity index (χ2v) is 8.58. The molecule has 154 valence electrons. The molecule has 3 aromatic rings. The minimum Gasteiger partial charge on any atom is -0.497 e. The molecule has 0 spiro atoms. The van der Waals surface area contributed by atoms with E-state index in [4.69, 9.17) is 9.47 Å². The second-order valence-electron chi connectivity index (χ2n) is 6.59. The Balaban J connectivity index is 1.95. The van der Waals surface area contributed by atoms with Crippen molar-refractivity contribution in [2.24, 2.45) is 4.99 Å². The maximum absolute atomic E-state index is 13.4. The molecule has 1 aliphatic heterocycles. The lowest BCUT2D eigenvalue weighted by Crippen LogP contribution is -2.39. The number of nitrogens with zero attached hydrogens (tertiary/aromatic N) is 2. The van der Waals surface area contributed by atoms with Gasteiger partial charge >= 0.3 is 5.97 Å². The topological polar surface area (TPSA) is 69.9 Å². The smallest absolute Gasteiger partial charge is 0.338 e. The SMILES string of the molecule is CCOC(=O)C1=C(C)N=c2s/c(=C\c3cccs3)c(=O)n2C1c1ccc(OC)cc1. The summed E-state index contributed by atoms with van der Waals surface area (Å²) in [5.74, 6) is 0.231. The maximum atomic E-state index is 13.4. The largest absolute Gasteiger partial charge is 0.497 e. The maximum Gasteiger partial charge on any atom is 0.338 e. The Morgan fingerprint density at radius 3 is 2.67 bits per heavy atom. The van der Waals surface area contributed by atoms with E-state index in [1.165, 1.54) is 11.3 Å². The highest BCUT2D eigenvalue weighted by Gasteiger charge is 2.33. The van der Waals surface area contributed by atoms with Crippen LogP contribution in [0.15, 0.2) is 62.8 Å². The Kier molecular flexibility index (Phi) is 5.69. The van der Waals surface area contributed by atoms with E-state index in [1.807, 2.05) is 47.9 Å². The van der Waals surface area contributed by atoms with Crippen molar-refractivity contribution in [1.82, 2.24) is 4.57 Å². The third-order valence-corrected chi connectivity index (χ3v) is 6.57. The van der Waals surface area contributed by atoms with Gasteiger partial charge in [0.25, 0.3) is 5.56 Å². The molecule has 0 fully saturated rings. The number of thiophene rings is 1. The number of hydrogen-bond donors (Lipinski definition) is 0. The first-order valence-electron chi connectivity index (χ1n) is 9.40. The number of fused-ring (bicyclic) bond motifs is 1. The molecule has 4 rings (SSSR count). The highest BCUT2D eigenvalue weighted by molar-refractivity contribution is 7.11. The van der Waals surface area contributed by atoms with Crippen LogP contribution >= 0.6 is 22.7 Å². The molecule has 1 atom stereocenters. The number of ether oxygens (including phenoxy) is 2. The summed E-state index contributed by atoms with van der Waals surface area (Å²) in [7, 11) is 1.59. The Labute approximate surface area is 181 Å². The van der Waals surface area contributed by atoms with E-state index in [1.54, 1.807) is 36.9 Å². The van der Waals surface area contributed by atoms with E-state index in [-0.39, 0.29) is 12.2 Å². The molecular weight excluding hydrogens is 420 g/mol. The van der Waals surface area contributed by atoms with E-state index in [0.717, 1.165) is 10.4 Å². The van der Waals surface area contributed by atoms with Crippen LogP contribution in [0, 0.1) is 0 Å². The van der Waals surface area contributed by atoms with Gasteiger partial charge in [-0.2, -0.15) is 0 Å². The van der Waals surface area contributed by atoms with Crippen LogP contribution in [0.5, 0.6) is 5.75 Å². The van der Waals surface area contributed by atoms with Gasteiger partial charge in [0.2, 0.25) is 0 Å². The molecule has 1 aromatic carbocycles. The number of thiazole rings is 1. The summed E-state index contributed by atoms with van der Waals surface area (Å²) in [5.41, 5.74) is 1.54. The van der Waals surface area contributed by atoms with Gasteiger partial charge in [-0.25, -0.2) is 9.79 Å². The number of carbonyl (C=O) groups excluding carboxylic acids is 1. The standard InChI is InChI=1S/C22H20N2O4S2/c1-4-28-21(26)18-13(2)23-22-24(19(18)14-7-9-15(27-3)10-8-14)20(25)17(30-22)12-16-6-5-11-29-16/h5-12,19H,4H2,1-3H3/b17-12-. The number of rotatable bonds is 5. The van der Waals surface area contributed by atoms with Crippen molar-refractivity contribution in [1.29, 1.82) is 0 Å².